The van der Waals surface area contributed by atoms with Crippen LogP contribution in [0.1, 0.15) is 37.3 Å². The van der Waals surface area contributed by atoms with Crippen molar-refractivity contribution in [2.75, 3.05) is 24.5 Å². The summed E-state index contributed by atoms with van der Waals surface area (Å²) in [6, 6.07) is 9.55. The Morgan fingerprint density at radius 1 is 1.28 bits per heavy atom. The molecule has 6 nitrogen and oxygen atoms in total. The number of halogens is 2. The third-order valence-electron chi connectivity index (χ3n) is 7.16. The maximum atomic E-state index is 14.3. The molecule has 3 fully saturated rings. The largest absolute Gasteiger partial charge is 0.347 e. The Morgan fingerprint density at radius 2 is 2.09 bits per heavy atom. The lowest BCUT2D eigenvalue weighted by molar-refractivity contribution is -0.131. The lowest BCUT2D eigenvalue weighted by Gasteiger charge is -2.42. The van der Waals surface area contributed by atoms with Gasteiger partial charge in [0.1, 0.15) is 23.5 Å². The highest BCUT2D eigenvalue weighted by Crippen LogP contribution is 2.46. The van der Waals surface area contributed by atoms with Gasteiger partial charge in [0.15, 0.2) is 0 Å². The molecule has 3 aliphatic rings. The minimum Gasteiger partial charge on any atom is -0.347 e. The zero-order chi connectivity index (χ0) is 22.5. The van der Waals surface area contributed by atoms with Crippen LogP contribution in [0.4, 0.5) is 14.6 Å². The molecule has 1 N–H and O–H groups in total. The van der Waals surface area contributed by atoms with Crippen molar-refractivity contribution >= 4 is 11.7 Å². The molecule has 1 aliphatic carbocycles. The van der Waals surface area contributed by atoms with E-state index in [9.17, 15) is 13.6 Å². The number of piperazine rings is 1. The van der Waals surface area contributed by atoms with Gasteiger partial charge in [-0.05, 0) is 55.5 Å². The SMILES string of the molecule is C[C@@H]1CC2CN(C(=O)CNC3(c4cc(F)ccc4F)CC3)CC1N2c1ccc(C#N)cn1. The molecular weight excluding hydrogens is 412 g/mol. The molecule has 5 rings (SSSR count). The zero-order valence-corrected chi connectivity index (χ0v) is 17.9. The normalized spacial score (nSPS) is 25.5. The van der Waals surface area contributed by atoms with Crippen molar-refractivity contribution in [2.24, 2.45) is 5.92 Å². The summed E-state index contributed by atoms with van der Waals surface area (Å²) >= 11 is 0. The number of hydrogen-bond donors (Lipinski definition) is 1. The van der Waals surface area contributed by atoms with Crippen LogP contribution in [0.25, 0.3) is 0 Å². The van der Waals surface area contributed by atoms with Gasteiger partial charge in [0, 0.05) is 36.4 Å². The van der Waals surface area contributed by atoms with Gasteiger partial charge < -0.3 is 9.80 Å². The predicted molar refractivity (Wildman–Crippen MR) is 115 cm³/mol. The number of pyridine rings is 1. The van der Waals surface area contributed by atoms with Gasteiger partial charge >= 0.3 is 0 Å². The first kappa shape index (κ1) is 20.8. The second kappa shape index (κ2) is 7.82. The molecule has 32 heavy (non-hydrogen) atoms. The molecule has 2 aromatic rings. The molecular formula is C24H25F2N5O. The number of carbonyl (C=O) groups is 1. The molecule has 3 heterocycles. The van der Waals surface area contributed by atoms with Crippen molar-refractivity contribution in [3.05, 3.63) is 59.3 Å². The summed E-state index contributed by atoms with van der Waals surface area (Å²) in [5.74, 6) is 0.314. The van der Waals surface area contributed by atoms with Crippen molar-refractivity contribution in [1.82, 2.24) is 15.2 Å². The van der Waals surface area contributed by atoms with Crippen LogP contribution in [0, 0.1) is 28.9 Å². The molecule has 2 aliphatic heterocycles. The first-order valence-electron chi connectivity index (χ1n) is 11.0. The Hall–Kier alpha value is -3.05. The second-order valence-electron chi connectivity index (χ2n) is 9.22. The highest BCUT2D eigenvalue weighted by molar-refractivity contribution is 5.79. The third kappa shape index (κ3) is 3.61. The summed E-state index contributed by atoms with van der Waals surface area (Å²) in [4.78, 5) is 21.7. The number of benzene rings is 1. The van der Waals surface area contributed by atoms with Crippen molar-refractivity contribution in [3.63, 3.8) is 0 Å². The topological polar surface area (TPSA) is 72.3 Å². The highest BCUT2D eigenvalue weighted by Gasteiger charge is 2.48. The number of aromatic nitrogens is 1. The molecule has 2 saturated heterocycles. The summed E-state index contributed by atoms with van der Waals surface area (Å²) in [7, 11) is 0. The van der Waals surface area contributed by atoms with Crippen molar-refractivity contribution in [3.8, 4) is 6.07 Å². The standard InChI is InChI=1S/C24H25F2N5O/c1-15-8-18-13-30(14-21(15)31(18)22-5-2-16(10-27)11-28-22)23(32)12-29-24(6-7-24)19-9-17(25)3-4-20(19)26/h2-5,9,11,15,18,21,29H,6-8,12-14H2,1H3/t15-,18?,21?/m1/s1. The van der Waals surface area contributed by atoms with Crippen molar-refractivity contribution in [1.29, 1.82) is 5.26 Å². The van der Waals surface area contributed by atoms with E-state index in [1.54, 1.807) is 12.3 Å². The van der Waals surface area contributed by atoms with Gasteiger partial charge in [-0.15, -0.1) is 0 Å². The molecule has 1 aromatic carbocycles. The van der Waals surface area contributed by atoms with Crippen LogP contribution in [0.2, 0.25) is 0 Å². The minimum absolute atomic E-state index is 0.0235. The fourth-order valence-electron chi connectivity index (χ4n) is 5.28. The number of carbonyl (C=O) groups excluding carboxylic acids is 1. The summed E-state index contributed by atoms with van der Waals surface area (Å²) in [6.45, 7) is 3.49. The lowest BCUT2D eigenvalue weighted by atomic mass is 10.0. The van der Waals surface area contributed by atoms with E-state index in [0.717, 1.165) is 24.4 Å². The molecule has 1 aromatic heterocycles. The quantitative estimate of drug-likeness (QED) is 0.779. The number of nitrogens with zero attached hydrogens (tertiary/aromatic N) is 4. The van der Waals surface area contributed by atoms with E-state index in [0.29, 0.717) is 43.0 Å². The molecule has 0 spiro atoms. The number of nitriles is 1. The van der Waals surface area contributed by atoms with E-state index in [-0.39, 0.29) is 24.5 Å². The minimum atomic E-state index is -0.650. The average molecular weight is 437 g/mol. The maximum Gasteiger partial charge on any atom is 0.236 e. The Kier molecular flexibility index (Phi) is 5.09. The van der Waals surface area contributed by atoms with Crippen molar-refractivity contribution < 1.29 is 13.6 Å². The predicted octanol–water partition coefficient (Wildman–Crippen LogP) is 2.94. The number of hydrogen-bond acceptors (Lipinski definition) is 5. The summed E-state index contributed by atoms with van der Waals surface area (Å²) < 4.78 is 27.9. The smallest absolute Gasteiger partial charge is 0.236 e. The van der Waals surface area contributed by atoms with E-state index in [4.69, 9.17) is 5.26 Å². The fourth-order valence-corrected chi connectivity index (χ4v) is 5.28. The van der Waals surface area contributed by atoms with Gasteiger partial charge in [-0.2, -0.15) is 5.26 Å². The molecule has 2 unspecified atom stereocenters. The Morgan fingerprint density at radius 3 is 2.75 bits per heavy atom. The molecule has 3 atom stereocenters. The van der Waals surface area contributed by atoms with Gasteiger partial charge in [-0.1, -0.05) is 6.92 Å². The van der Waals surface area contributed by atoms with Crippen LogP contribution in [-0.2, 0) is 10.3 Å². The summed E-state index contributed by atoms with van der Waals surface area (Å²) in [6.07, 6.45) is 3.92. The van der Waals surface area contributed by atoms with Crippen LogP contribution in [-0.4, -0.2) is 47.5 Å². The second-order valence-corrected chi connectivity index (χ2v) is 9.22. The molecule has 166 valence electrons. The molecule has 0 radical (unpaired) electrons. The van der Waals surface area contributed by atoms with Crippen LogP contribution < -0.4 is 10.2 Å². The van der Waals surface area contributed by atoms with Gasteiger partial charge in [0.05, 0.1) is 18.2 Å². The zero-order valence-electron chi connectivity index (χ0n) is 17.9. The first-order chi connectivity index (χ1) is 15.4. The number of amides is 1. The molecule has 1 amide bonds. The lowest BCUT2D eigenvalue weighted by Crippen LogP contribution is -2.58. The monoisotopic (exact) mass is 437 g/mol. The summed E-state index contributed by atoms with van der Waals surface area (Å²) in [5, 5.41) is 12.2. The van der Waals surface area contributed by atoms with Crippen LogP contribution in [0.3, 0.4) is 0 Å². The Bertz CT molecular complexity index is 1080. The highest BCUT2D eigenvalue weighted by atomic mass is 19.1. The number of nitrogens with one attached hydrogen (secondary N) is 1. The van der Waals surface area contributed by atoms with E-state index in [1.165, 1.54) is 6.07 Å². The molecule has 8 heteroatoms. The third-order valence-corrected chi connectivity index (χ3v) is 7.16. The van der Waals surface area contributed by atoms with Gasteiger partial charge in [0.2, 0.25) is 5.91 Å². The maximum absolute atomic E-state index is 14.3. The van der Waals surface area contributed by atoms with Crippen molar-refractivity contribution in [2.45, 2.75) is 43.8 Å². The van der Waals surface area contributed by atoms with E-state index < -0.39 is 17.2 Å². The number of rotatable bonds is 5. The van der Waals surface area contributed by atoms with E-state index >= 15 is 0 Å². The van der Waals surface area contributed by atoms with Crippen LogP contribution in [0.15, 0.2) is 36.5 Å². The average Bonchev–Trinajstić information content (AvgIpc) is 3.56. The number of anilines is 1. The van der Waals surface area contributed by atoms with Gasteiger partial charge in [-0.25, -0.2) is 13.8 Å². The molecule has 2 bridgehead atoms. The van der Waals surface area contributed by atoms with Crippen LogP contribution in [0.5, 0.6) is 0 Å². The number of likely N-dealkylation sites (tertiary alicyclic amines) is 1. The van der Waals surface area contributed by atoms with E-state index in [1.807, 2.05) is 11.0 Å². The molecule has 1 saturated carbocycles. The Balaban J connectivity index is 1.26. The number of fused-ring (bicyclic) bond motifs is 2. The van der Waals surface area contributed by atoms with Crippen LogP contribution >= 0.6 is 0 Å². The fraction of sp³-hybridized carbons (Fsp3) is 0.458. The first-order valence-corrected chi connectivity index (χ1v) is 11.0. The van der Waals surface area contributed by atoms with Gasteiger partial charge in [-0.3, -0.25) is 10.1 Å². The Labute approximate surface area is 185 Å². The summed E-state index contributed by atoms with van der Waals surface area (Å²) in [5.41, 5.74) is 0.177. The van der Waals surface area contributed by atoms with E-state index in [2.05, 4.69) is 28.2 Å². The van der Waals surface area contributed by atoms with Gasteiger partial charge in [0.25, 0.3) is 0 Å².